The highest BCUT2D eigenvalue weighted by atomic mass is 32.1. The van der Waals surface area contributed by atoms with E-state index in [4.69, 9.17) is 8.83 Å². The van der Waals surface area contributed by atoms with Crippen molar-refractivity contribution in [2.45, 2.75) is 26.4 Å². The van der Waals surface area contributed by atoms with E-state index in [1.165, 1.54) is 0 Å². The van der Waals surface area contributed by atoms with Gasteiger partial charge < -0.3 is 8.83 Å². The van der Waals surface area contributed by atoms with Crippen LogP contribution in [0.2, 0.25) is 0 Å². The summed E-state index contributed by atoms with van der Waals surface area (Å²) >= 11 is 1.67. The molecule has 6 heteroatoms. The van der Waals surface area contributed by atoms with Gasteiger partial charge in [-0.25, -0.2) is 9.97 Å². The SMILES string of the molecule is Cc1oc(-c2ccco2)nc1CN(C)C(C)c1nccs1. The molecule has 0 N–H and O–H groups in total. The minimum absolute atomic E-state index is 0.244. The minimum atomic E-state index is 0.244. The first kappa shape index (κ1) is 14.0. The number of thiazole rings is 1. The first-order valence-corrected chi connectivity index (χ1v) is 7.63. The topological polar surface area (TPSA) is 55.3 Å². The Morgan fingerprint density at radius 2 is 2.29 bits per heavy atom. The van der Waals surface area contributed by atoms with Crippen LogP contribution in [0.1, 0.15) is 29.4 Å². The Balaban J connectivity index is 1.76. The number of rotatable bonds is 5. The van der Waals surface area contributed by atoms with Crippen LogP contribution in [0.4, 0.5) is 0 Å². The van der Waals surface area contributed by atoms with Gasteiger partial charge in [0, 0.05) is 18.1 Å². The smallest absolute Gasteiger partial charge is 0.263 e. The Morgan fingerprint density at radius 3 is 2.95 bits per heavy atom. The number of oxazole rings is 1. The van der Waals surface area contributed by atoms with Crippen LogP contribution in [0.5, 0.6) is 0 Å². The van der Waals surface area contributed by atoms with Crippen molar-refractivity contribution in [3.05, 3.63) is 46.4 Å². The highest BCUT2D eigenvalue weighted by Crippen LogP contribution is 2.26. The summed E-state index contributed by atoms with van der Waals surface area (Å²) in [5, 5.41) is 3.10. The second-order valence-electron chi connectivity index (χ2n) is 4.96. The molecule has 3 heterocycles. The van der Waals surface area contributed by atoms with Crippen molar-refractivity contribution in [1.29, 1.82) is 0 Å². The van der Waals surface area contributed by atoms with Crippen molar-refractivity contribution in [2.75, 3.05) is 7.05 Å². The summed E-state index contributed by atoms with van der Waals surface area (Å²) in [6, 6.07) is 3.91. The molecule has 0 aliphatic heterocycles. The number of aromatic nitrogens is 2. The Bertz CT molecular complexity index is 689. The molecule has 0 amide bonds. The van der Waals surface area contributed by atoms with Crippen molar-refractivity contribution >= 4 is 11.3 Å². The quantitative estimate of drug-likeness (QED) is 0.715. The molecule has 1 atom stereocenters. The van der Waals surface area contributed by atoms with Crippen LogP contribution in [0.15, 0.2) is 38.8 Å². The van der Waals surface area contributed by atoms with Gasteiger partial charge in [-0.15, -0.1) is 11.3 Å². The van der Waals surface area contributed by atoms with E-state index in [1.54, 1.807) is 17.6 Å². The second-order valence-corrected chi connectivity index (χ2v) is 5.89. The van der Waals surface area contributed by atoms with Crippen molar-refractivity contribution in [1.82, 2.24) is 14.9 Å². The standard InChI is InChI=1S/C15H17N3O2S/c1-10(15-16-6-8-21-15)18(3)9-12-11(2)20-14(17-12)13-5-4-7-19-13/h4-8,10H,9H2,1-3H3. The Morgan fingerprint density at radius 1 is 1.43 bits per heavy atom. The zero-order chi connectivity index (χ0) is 14.8. The van der Waals surface area contributed by atoms with E-state index in [-0.39, 0.29) is 6.04 Å². The second kappa shape index (κ2) is 5.83. The summed E-state index contributed by atoms with van der Waals surface area (Å²) in [6.45, 7) is 4.77. The van der Waals surface area contributed by atoms with Crippen molar-refractivity contribution in [2.24, 2.45) is 0 Å². The molecule has 0 spiro atoms. The van der Waals surface area contributed by atoms with E-state index in [9.17, 15) is 0 Å². The van der Waals surface area contributed by atoms with Crippen LogP contribution in [0, 0.1) is 6.92 Å². The zero-order valence-corrected chi connectivity index (χ0v) is 13.1. The lowest BCUT2D eigenvalue weighted by molar-refractivity contribution is 0.248. The first-order valence-electron chi connectivity index (χ1n) is 6.75. The molecule has 0 aromatic carbocycles. The molecule has 5 nitrogen and oxygen atoms in total. The molecule has 0 bridgehead atoms. The van der Waals surface area contributed by atoms with E-state index in [1.807, 2.05) is 30.6 Å². The van der Waals surface area contributed by atoms with E-state index >= 15 is 0 Å². The minimum Gasteiger partial charge on any atom is -0.459 e. The van der Waals surface area contributed by atoms with Gasteiger partial charge in [0.1, 0.15) is 10.8 Å². The summed E-state index contributed by atoms with van der Waals surface area (Å²) in [7, 11) is 2.06. The van der Waals surface area contributed by atoms with Gasteiger partial charge in [0.05, 0.1) is 18.0 Å². The Labute approximate surface area is 127 Å². The molecule has 0 saturated heterocycles. The van der Waals surface area contributed by atoms with E-state index in [2.05, 4.69) is 28.8 Å². The highest BCUT2D eigenvalue weighted by Gasteiger charge is 2.19. The van der Waals surface area contributed by atoms with Gasteiger partial charge in [0.25, 0.3) is 5.89 Å². The summed E-state index contributed by atoms with van der Waals surface area (Å²) in [6.07, 6.45) is 3.45. The largest absolute Gasteiger partial charge is 0.459 e. The molecular weight excluding hydrogens is 286 g/mol. The number of aryl methyl sites for hydroxylation is 1. The Kier molecular flexibility index (Phi) is 3.90. The maximum atomic E-state index is 5.69. The van der Waals surface area contributed by atoms with Crippen LogP contribution in [0.3, 0.4) is 0 Å². The fraction of sp³-hybridized carbons (Fsp3) is 0.333. The molecule has 0 fully saturated rings. The summed E-state index contributed by atoms with van der Waals surface area (Å²) in [5.74, 6) is 2.00. The van der Waals surface area contributed by atoms with Gasteiger partial charge in [-0.1, -0.05) is 0 Å². The zero-order valence-electron chi connectivity index (χ0n) is 12.2. The average molecular weight is 303 g/mol. The number of hydrogen-bond donors (Lipinski definition) is 0. The van der Waals surface area contributed by atoms with Gasteiger partial charge in [0.15, 0.2) is 5.76 Å². The summed E-state index contributed by atoms with van der Waals surface area (Å²) in [4.78, 5) is 11.1. The fourth-order valence-electron chi connectivity index (χ4n) is 2.08. The van der Waals surface area contributed by atoms with Crippen molar-refractivity contribution < 1.29 is 8.83 Å². The predicted octanol–water partition coefficient (Wildman–Crippen LogP) is 3.89. The molecule has 3 aromatic heterocycles. The van der Waals surface area contributed by atoms with Crippen LogP contribution in [0.25, 0.3) is 11.7 Å². The highest BCUT2D eigenvalue weighted by molar-refractivity contribution is 7.09. The third-order valence-electron chi connectivity index (χ3n) is 3.49. The van der Waals surface area contributed by atoms with E-state index < -0.39 is 0 Å². The van der Waals surface area contributed by atoms with Crippen molar-refractivity contribution in [3.8, 4) is 11.7 Å². The lowest BCUT2D eigenvalue weighted by atomic mass is 10.2. The first-order chi connectivity index (χ1) is 10.1. The average Bonchev–Trinajstić information content (AvgIpc) is 3.20. The van der Waals surface area contributed by atoms with Gasteiger partial charge >= 0.3 is 0 Å². The molecule has 0 aliphatic carbocycles. The monoisotopic (exact) mass is 303 g/mol. The predicted molar refractivity (Wildman–Crippen MR) is 80.9 cm³/mol. The molecule has 0 radical (unpaired) electrons. The maximum Gasteiger partial charge on any atom is 0.263 e. The van der Waals surface area contributed by atoms with Crippen LogP contribution >= 0.6 is 11.3 Å². The van der Waals surface area contributed by atoms with Crippen LogP contribution in [-0.2, 0) is 6.54 Å². The van der Waals surface area contributed by atoms with Crippen molar-refractivity contribution in [3.63, 3.8) is 0 Å². The molecule has 21 heavy (non-hydrogen) atoms. The van der Waals surface area contributed by atoms with E-state index in [0.29, 0.717) is 18.2 Å². The third kappa shape index (κ3) is 2.91. The molecular formula is C15H17N3O2S. The summed E-state index contributed by atoms with van der Waals surface area (Å²) in [5.41, 5.74) is 0.923. The maximum absolute atomic E-state index is 5.69. The van der Waals surface area contributed by atoms with Gasteiger partial charge in [-0.3, -0.25) is 4.90 Å². The lowest BCUT2D eigenvalue weighted by Gasteiger charge is -2.21. The number of hydrogen-bond acceptors (Lipinski definition) is 6. The molecule has 3 aromatic rings. The third-order valence-corrected chi connectivity index (χ3v) is 4.44. The normalized spacial score (nSPS) is 13.0. The van der Waals surface area contributed by atoms with Crippen LogP contribution < -0.4 is 0 Å². The Hall–Kier alpha value is -1.92. The summed E-state index contributed by atoms with van der Waals surface area (Å²) < 4.78 is 11.0. The fourth-order valence-corrected chi connectivity index (χ4v) is 2.84. The molecule has 1 unspecified atom stereocenters. The molecule has 110 valence electrons. The molecule has 0 aliphatic rings. The number of nitrogens with zero attached hydrogens (tertiary/aromatic N) is 3. The molecule has 3 rings (SSSR count). The molecule has 0 saturated carbocycles. The van der Waals surface area contributed by atoms with Gasteiger partial charge in [-0.05, 0) is 33.0 Å². The van der Waals surface area contributed by atoms with Gasteiger partial charge in [-0.2, -0.15) is 0 Å². The number of furan rings is 1. The lowest BCUT2D eigenvalue weighted by Crippen LogP contribution is -2.22. The van der Waals surface area contributed by atoms with Crippen LogP contribution in [-0.4, -0.2) is 21.9 Å². The van der Waals surface area contributed by atoms with Gasteiger partial charge in [0.2, 0.25) is 0 Å². The van der Waals surface area contributed by atoms with E-state index in [0.717, 1.165) is 16.5 Å².